The van der Waals surface area contributed by atoms with Crippen LogP contribution in [0.3, 0.4) is 0 Å². The molecule has 0 radical (unpaired) electrons. The molecule has 1 heterocycles. The van der Waals surface area contributed by atoms with Crippen molar-refractivity contribution >= 4 is 44.7 Å². The van der Waals surface area contributed by atoms with Crippen LogP contribution in [0.1, 0.15) is 5.56 Å². The Bertz CT molecular complexity index is 1240. The number of amidine groups is 1. The highest BCUT2D eigenvalue weighted by atomic mass is 32.2. The molecule has 6 nitrogen and oxygen atoms in total. The first-order chi connectivity index (χ1) is 14.5. The van der Waals surface area contributed by atoms with Crippen molar-refractivity contribution in [3.05, 3.63) is 95.4 Å². The van der Waals surface area contributed by atoms with E-state index < -0.39 is 10.1 Å². The lowest BCUT2D eigenvalue weighted by molar-refractivity contribution is -0.115. The largest absolute Gasteiger partial charge is 0.378 e. The summed E-state index contributed by atoms with van der Waals surface area (Å²) < 4.78 is 30.5. The normalized spacial score (nSPS) is 16.6. The highest BCUT2D eigenvalue weighted by Crippen LogP contribution is 2.31. The Labute approximate surface area is 178 Å². The number of rotatable bonds is 5. The lowest BCUT2D eigenvalue weighted by Gasteiger charge is -2.09. The Morgan fingerprint density at radius 3 is 2.23 bits per heavy atom. The standard InChI is InChI=1S/C22H16N2O4S2/c25-21-20(29-22(24-21)23-17-10-3-1-4-11-17)15-16-9-7-8-14-19(16)28-30(26,27)18-12-5-2-6-13-18/h1-15H,(H,23,24,25)/b20-15-. The third-order valence-electron chi connectivity index (χ3n) is 4.07. The van der Waals surface area contributed by atoms with Crippen LogP contribution in [0.25, 0.3) is 6.08 Å². The molecule has 1 aliphatic heterocycles. The lowest BCUT2D eigenvalue weighted by atomic mass is 10.2. The van der Waals surface area contributed by atoms with Crippen molar-refractivity contribution in [3.63, 3.8) is 0 Å². The van der Waals surface area contributed by atoms with Crippen LogP contribution in [-0.4, -0.2) is 19.5 Å². The molecule has 1 aliphatic rings. The van der Waals surface area contributed by atoms with Gasteiger partial charge in [-0.05, 0) is 48.2 Å². The number of carbonyl (C=O) groups is 1. The molecule has 0 bridgehead atoms. The number of thioether (sulfide) groups is 1. The Morgan fingerprint density at radius 1 is 0.867 bits per heavy atom. The minimum Gasteiger partial charge on any atom is -0.378 e. The van der Waals surface area contributed by atoms with Gasteiger partial charge in [0.05, 0.1) is 10.6 Å². The number of hydrogen-bond acceptors (Lipinski definition) is 6. The van der Waals surface area contributed by atoms with Crippen molar-refractivity contribution in [2.45, 2.75) is 4.90 Å². The van der Waals surface area contributed by atoms with E-state index in [1.54, 1.807) is 48.5 Å². The highest BCUT2D eigenvalue weighted by Gasteiger charge is 2.25. The fourth-order valence-electron chi connectivity index (χ4n) is 2.67. The van der Waals surface area contributed by atoms with Crippen LogP contribution in [0, 0.1) is 0 Å². The van der Waals surface area contributed by atoms with Gasteiger partial charge < -0.3 is 9.50 Å². The van der Waals surface area contributed by atoms with E-state index in [1.807, 2.05) is 30.3 Å². The smallest absolute Gasteiger partial charge is 0.339 e. The maximum absolute atomic E-state index is 12.6. The van der Waals surface area contributed by atoms with Crippen molar-refractivity contribution in [3.8, 4) is 5.75 Å². The predicted molar refractivity (Wildman–Crippen MR) is 118 cm³/mol. The molecule has 1 saturated heterocycles. The SMILES string of the molecule is O=C1NC(=Nc2ccccc2)S/C1=C\c1ccccc1OS(=O)(=O)c1ccccc1. The lowest BCUT2D eigenvalue weighted by Crippen LogP contribution is -2.19. The summed E-state index contributed by atoms with van der Waals surface area (Å²) in [7, 11) is -3.99. The van der Waals surface area contributed by atoms with E-state index in [-0.39, 0.29) is 16.6 Å². The Kier molecular flexibility index (Phi) is 5.69. The summed E-state index contributed by atoms with van der Waals surface area (Å²) in [5, 5.41) is 3.16. The van der Waals surface area contributed by atoms with Gasteiger partial charge in [-0.1, -0.05) is 54.6 Å². The predicted octanol–water partition coefficient (Wildman–Crippen LogP) is 4.35. The molecule has 150 valence electrons. The average Bonchev–Trinajstić information content (AvgIpc) is 3.09. The molecular weight excluding hydrogens is 420 g/mol. The molecule has 0 unspecified atom stereocenters. The summed E-state index contributed by atoms with van der Waals surface area (Å²) in [6.45, 7) is 0. The van der Waals surface area contributed by atoms with Crippen molar-refractivity contribution in [1.82, 2.24) is 5.32 Å². The number of aliphatic imine (C=N–C) groups is 1. The molecule has 1 amide bonds. The van der Waals surface area contributed by atoms with Gasteiger partial charge in [0.2, 0.25) is 0 Å². The van der Waals surface area contributed by atoms with Crippen molar-refractivity contribution in [2.75, 3.05) is 0 Å². The number of nitrogens with zero attached hydrogens (tertiary/aromatic N) is 1. The van der Waals surface area contributed by atoms with Crippen LogP contribution in [-0.2, 0) is 14.9 Å². The first-order valence-corrected chi connectivity index (χ1v) is 11.2. The number of benzene rings is 3. The fourth-order valence-corrected chi connectivity index (χ4v) is 4.48. The topological polar surface area (TPSA) is 84.8 Å². The molecule has 3 aromatic rings. The number of hydrogen-bond donors (Lipinski definition) is 1. The van der Waals surface area contributed by atoms with Crippen molar-refractivity contribution in [1.29, 1.82) is 0 Å². The minimum absolute atomic E-state index is 0.0534. The van der Waals surface area contributed by atoms with Crippen LogP contribution in [0.15, 0.2) is 99.7 Å². The molecule has 0 atom stereocenters. The molecule has 0 saturated carbocycles. The Balaban J connectivity index is 1.61. The quantitative estimate of drug-likeness (QED) is 0.475. The van der Waals surface area contributed by atoms with Gasteiger partial charge in [-0.3, -0.25) is 4.79 Å². The molecule has 30 heavy (non-hydrogen) atoms. The first-order valence-electron chi connectivity index (χ1n) is 8.94. The van der Waals surface area contributed by atoms with Crippen LogP contribution in [0.5, 0.6) is 5.75 Å². The molecule has 0 aromatic heterocycles. The number of para-hydroxylation sites is 2. The summed E-state index contributed by atoms with van der Waals surface area (Å²) in [4.78, 5) is 17.2. The summed E-state index contributed by atoms with van der Waals surface area (Å²) in [6.07, 6.45) is 1.59. The fraction of sp³-hybridized carbons (Fsp3) is 0. The summed E-state index contributed by atoms with van der Waals surface area (Å²) in [5.74, 6) is -0.175. The monoisotopic (exact) mass is 436 g/mol. The van der Waals surface area contributed by atoms with Gasteiger partial charge in [0.15, 0.2) is 5.17 Å². The molecule has 3 aromatic carbocycles. The average molecular weight is 437 g/mol. The molecular formula is C22H16N2O4S2. The summed E-state index contributed by atoms with van der Waals surface area (Å²) in [6, 6.07) is 23.8. The molecule has 4 rings (SSSR count). The van der Waals surface area contributed by atoms with Crippen molar-refractivity contribution < 1.29 is 17.4 Å². The van der Waals surface area contributed by atoms with E-state index in [4.69, 9.17) is 4.18 Å². The van der Waals surface area contributed by atoms with E-state index in [0.717, 1.165) is 5.69 Å². The number of amides is 1. The van der Waals surface area contributed by atoms with Crippen LogP contribution < -0.4 is 9.50 Å². The van der Waals surface area contributed by atoms with Crippen LogP contribution in [0.4, 0.5) is 5.69 Å². The molecule has 1 fully saturated rings. The van der Waals surface area contributed by atoms with Crippen LogP contribution in [0.2, 0.25) is 0 Å². The second-order valence-electron chi connectivity index (χ2n) is 6.21. The van der Waals surface area contributed by atoms with Gasteiger partial charge in [-0.2, -0.15) is 8.42 Å². The summed E-state index contributed by atoms with van der Waals surface area (Å²) >= 11 is 1.18. The highest BCUT2D eigenvalue weighted by molar-refractivity contribution is 8.18. The van der Waals surface area contributed by atoms with Gasteiger partial charge in [0.1, 0.15) is 10.6 Å². The first kappa shape index (κ1) is 19.9. The molecule has 0 spiro atoms. The maximum Gasteiger partial charge on any atom is 0.339 e. The zero-order chi connectivity index (χ0) is 21.0. The second kappa shape index (κ2) is 8.56. The van der Waals surface area contributed by atoms with Gasteiger partial charge in [0.25, 0.3) is 5.91 Å². The van der Waals surface area contributed by atoms with Gasteiger partial charge >= 0.3 is 10.1 Å². The van der Waals surface area contributed by atoms with Gasteiger partial charge in [-0.25, -0.2) is 4.99 Å². The minimum atomic E-state index is -3.99. The molecule has 0 aliphatic carbocycles. The Morgan fingerprint density at radius 2 is 1.50 bits per heavy atom. The molecule has 8 heteroatoms. The number of carbonyl (C=O) groups excluding carboxylic acids is 1. The third kappa shape index (κ3) is 4.61. The number of nitrogens with one attached hydrogen (secondary N) is 1. The van der Waals surface area contributed by atoms with E-state index >= 15 is 0 Å². The Hall–Kier alpha value is -3.36. The van der Waals surface area contributed by atoms with E-state index in [2.05, 4.69) is 10.3 Å². The second-order valence-corrected chi connectivity index (χ2v) is 8.78. The maximum atomic E-state index is 12.6. The zero-order valence-electron chi connectivity index (χ0n) is 15.6. The third-order valence-corrected chi connectivity index (χ3v) is 6.23. The van der Waals surface area contributed by atoms with Gasteiger partial charge in [0, 0.05) is 5.56 Å². The molecule has 1 N–H and O–H groups in total. The van der Waals surface area contributed by atoms with E-state index in [9.17, 15) is 13.2 Å². The van der Waals surface area contributed by atoms with Crippen molar-refractivity contribution in [2.24, 2.45) is 4.99 Å². The summed E-state index contributed by atoms with van der Waals surface area (Å²) in [5.41, 5.74) is 1.19. The van der Waals surface area contributed by atoms with E-state index in [0.29, 0.717) is 15.6 Å². The van der Waals surface area contributed by atoms with E-state index in [1.165, 1.54) is 23.9 Å². The zero-order valence-corrected chi connectivity index (χ0v) is 17.2. The van der Waals surface area contributed by atoms with Crippen LogP contribution >= 0.6 is 11.8 Å². The van der Waals surface area contributed by atoms with Gasteiger partial charge in [-0.15, -0.1) is 0 Å².